The molecule has 0 fully saturated rings. The molecule has 3 N–H and O–H groups in total. The molecule has 0 unspecified atom stereocenters. The average molecular weight is 416 g/mol. The molecule has 3 aromatic heterocycles. The van der Waals surface area contributed by atoms with Gasteiger partial charge in [0.15, 0.2) is 0 Å². The van der Waals surface area contributed by atoms with Crippen LogP contribution in [0.4, 0.5) is 0 Å². The number of fused-ring (bicyclic) bond motifs is 1. The van der Waals surface area contributed by atoms with Gasteiger partial charge in [0.25, 0.3) is 5.91 Å². The van der Waals surface area contributed by atoms with Crippen molar-refractivity contribution in [2.45, 2.75) is 46.6 Å². The SMILES string of the molecule is CC(C)(C)CC(C)(C)NC(=O)c1ccc2nc(-c3ccc[nH]3)c(-c3ccc[nH]3)nc2c1. The third-order valence-electron chi connectivity index (χ3n) is 5.06. The lowest BCUT2D eigenvalue weighted by Crippen LogP contribution is -2.45. The van der Waals surface area contributed by atoms with Gasteiger partial charge in [-0.3, -0.25) is 4.79 Å². The van der Waals surface area contributed by atoms with Crippen molar-refractivity contribution in [1.82, 2.24) is 25.3 Å². The standard InChI is InChI=1S/C25H29N5O/c1-24(2,3)15-25(4,5)30-23(31)16-10-11-17-20(14-16)29-22(19-9-7-13-27-19)21(28-17)18-8-6-12-26-18/h6-14,26-27H,15H2,1-5H3,(H,30,31). The zero-order chi connectivity index (χ0) is 22.2. The summed E-state index contributed by atoms with van der Waals surface area (Å²) in [6.45, 7) is 10.6. The Morgan fingerprint density at radius 1 is 0.871 bits per heavy atom. The first kappa shape index (κ1) is 20.8. The fourth-order valence-electron chi connectivity index (χ4n) is 4.28. The van der Waals surface area contributed by atoms with Gasteiger partial charge in [-0.05, 0) is 68.1 Å². The summed E-state index contributed by atoms with van der Waals surface area (Å²) in [5.74, 6) is -0.104. The molecule has 0 aliphatic rings. The van der Waals surface area contributed by atoms with Gasteiger partial charge in [-0.2, -0.15) is 0 Å². The van der Waals surface area contributed by atoms with Crippen LogP contribution in [-0.2, 0) is 0 Å². The number of benzene rings is 1. The topological polar surface area (TPSA) is 86.5 Å². The van der Waals surface area contributed by atoms with Crippen LogP contribution in [0.1, 0.15) is 51.4 Å². The van der Waals surface area contributed by atoms with E-state index in [4.69, 9.17) is 9.97 Å². The Morgan fingerprint density at radius 2 is 1.45 bits per heavy atom. The van der Waals surface area contributed by atoms with Gasteiger partial charge >= 0.3 is 0 Å². The maximum absolute atomic E-state index is 13.0. The number of hydrogen-bond acceptors (Lipinski definition) is 3. The fraction of sp³-hybridized carbons (Fsp3) is 0.320. The quantitative estimate of drug-likeness (QED) is 0.398. The predicted molar refractivity (Wildman–Crippen MR) is 125 cm³/mol. The third-order valence-corrected chi connectivity index (χ3v) is 5.06. The molecular formula is C25H29N5O. The first-order valence-corrected chi connectivity index (χ1v) is 10.5. The van der Waals surface area contributed by atoms with Crippen LogP contribution < -0.4 is 5.32 Å². The number of hydrogen-bond donors (Lipinski definition) is 3. The van der Waals surface area contributed by atoms with Crippen molar-refractivity contribution < 1.29 is 4.79 Å². The highest BCUT2D eigenvalue weighted by molar-refractivity contribution is 5.98. The largest absolute Gasteiger partial charge is 0.360 e. The zero-order valence-corrected chi connectivity index (χ0v) is 18.7. The molecule has 0 bridgehead atoms. The molecule has 4 aromatic rings. The van der Waals surface area contributed by atoms with Crippen LogP contribution in [0.15, 0.2) is 54.9 Å². The van der Waals surface area contributed by atoms with Gasteiger partial charge in [-0.1, -0.05) is 20.8 Å². The lowest BCUT2D eigenvalue weighted by molar-refractivity contribution is 0.0891. The summed E-state index contributed by atoms with van der Waals surface area (Å²) >= 11 is 0. The summed E-state index contributed by atoms with van der Waals surface area (Å²) in [7, 11) is 0. The lowest BCUT2D eigenvalue weighted by atomic mass is 9.81. The van der Waals surface area contributed by atoms with Crippen LogP contribution >= 0.6 is 0 Å². The van der Waals surface area contributed by atoms with Crippen LogP contribution in [0.3, 0.4) is 0 Å². The van der Waals surface area contributed by atoms with Crippen molar-refractivity contribution in [3.63, 3.8) is 0 Å². The summed E-state index contributed by atoms with van der Waals surface area (Å²) < 4.78 is 0. The molecule has 6 heteroatoms. The molecular weight excluding hydrogens is 386 g/mol. The number of H-pyrrole nitrogens is 2. The first-order valence-electron chi connectivity index (χ1n) is 10.5. The molecule has 31 heavy (non-hydrogen) atoms. The Bertz CT molecular complexity index is 1200. The van der Waals surface area contributed by atoms with E-state index in [1.807, 2.05) is 54.9 Å². The number of rotatable bonds is 5. The van der Waals surface area contributed by atoms with Gasteiger partial charge in [0.1, 0.15) is 11.4 Å². The number of carbonyl (C=O) groups is 1. The Labute approximate surface area is 182 Å². The fourth-order valence-corrected chi connectivity index (χ4v) is 4.28. The molecule has 1 amide bonds. The molecule has 0 aliphatic carbocycles. The van der Waals surface area contributed by atoms with E-state index in [2.05, 4.69) is 49.9 Å². The number of aromatic amines is 2. The van der Waals surface area contributed by atoms with Gasteiger partial charge < -0.3 is 15.3 Å². The van der Waals surface area contributed by atoms with E-state index >= 15 is 0 Å². The molecule has 160 valence electrons. The van der Waals surface area contributed by atoms with Gasteiger partial charge in [0.05, 0.1) is 22.4 Å². The summed E-state index contributed by atoms with van der Waals surface area (Å²) in [6, 6.07) is 13.3. The van der Waals surface area contributed by atoms with E-state index in [0.29, 0.717) is 11.1 Å². The Balaban J connectivity index is 1.72. The molecule has 0 radical (unpaired) electrons. The first-order chi connectivity index (χ1) is 14.6. The number of nitrogens with zero attached hydrogens (tertiary/aromatic N) is 2. The normalized spacial score (nSPS) is 12.3. The maximum atomic E-state index is 13.0. The van der Waals surface area contributed by atoms with Gasteiger partial charge in [0.2, 0.25) is 0 Å². The van der Waals surface area contributed by atoms with Crippen molar-refractivity contribution in [2.75, 3.05) is 0 Å². The van der Waals surface area contributed by atoms with Crippen molar-refractivity contribution in [3.8, 4) is 22.8 Å². The highest BCUT2D eigenvalue weighted by Gasteiger charge is 2.27. The van der Waals surface area contributed by atoms with Crippen molar-refractivity contribution in [1.29, 1.82) is 0 Å². The Kier molecular flexibility index (Phi) is 5.17. The molecule has 0 saturated heterocycles. The molecule has 0 saturated carbocycles. The molecule has 4 rings (SSSR count). The van der Waals surface area contributed by atoms with Crippen molar-refractivity contribution in [2.24, 2.45) is 5.41 Å². The monoisotopic (exact) mass is 415 g/mol. The molecule has 0 aliphatic heterocycles. The van der Waals surface area contributed by atoms with Gasteiger partial charge in [0, 0.05) is 23.5 Å². The average Bonchev–Trinajstić information content (AvgIpc) is 3.38. The van der Waals surface area contributed by atoms with Crippen LogP contribution in [-0.4, -0.2) is 31.4 Å². The van der Waals surface area contributed by atoms with E-state index in [1.54, 1.807) is 0 Å². The highest BCUT2D eigenvalue weighted by Crippen LogP contribution is 2.30. The summed E-state index contributed by atoms with van der Waals surface area (Å²) in [6.07, 6.45) is 4.60. The Morgan fingerprint density at radius 3 is 1.97 bits per heavy atom. The molecule has 1 aromatic carbocycles. The van der Waals surface area contributed by atoms with Crippen LogP contribution in [0.25, 0.3) is 33.8 Å². The van der Waals surface area contributed by atoms with E-state index in [9.17, 15) is 4.79 Å². The molecule has 6 nitrogen and oxygen atoms in total. The zero-order valence-electron chi connectivity index (χ0n) is 18.7. The van der Waals surface area contributed by atoms with E-state index in [-0.39, 0.29) is 16.9 Å². The van der Waals surface area contributed by atoms with E-state index < -0.39 is 0 Å². The minimum Gasteiger partial charge on any atom is -0.360 e. The maximum Gasteiger partial charge on any atom is 0.251 e. The molecule has 3 heterocycles. The second kappa shape index (κ2) is 7.69. The number of carbonyl (C=O) groups excluding carboxylic acids is 1. The summed E-state index contributed by atoms with van der Waals surface area (Å²) in [4.78, 5) is 29.1. The van der Waals surface area contributed by atoms with Crippen LogP contribution in [0.2, 0.25) is 0 Å². The highest BCUT2D eigenvalue weighted by atomic mass is 16.1. The number of nitrogens with one attached hydrogen (secondary N) is 3. The third kappa shape index (κ3) is 4.68. The lowest BCUT2D eigenvalue weighted by Gasteiger charge is -2.33. The summed E-state index contributed by atoms with van der Waals surface area (Å²) in [5.41, 5.74) is 5.08. The smallest absolute Gasteiger partial charge is 0.251 e. The minimum atomic E-state index is -0.317. The van der Waals surface area contributed by atoms with Crippen LogP contribution in [0, 0.1) is 5.41 Å². The number of amides is 1. The van der Waals surface area contributed by atoms with Gasteiger partial charge in [-0.25, -0.2) is 9.97 Å². The van der Waals surface area contributed by atoms with E-state index in [0.717, 1.165) is 34.7 Å². The second-order valence-corrected chi connectivity index (χ2v) is 9.87. The summed E-state index contributed by atoms with van der Waals surface area (Å²) in [5, 5.41) is 3.17. The van der Waals surface area contributed by atoms with Crippen LogP contribution in [0.5, 0.6) is 0 Å². The van der Waals surface area contributed by atoms with Crippen molar-refractivity contribution in [3.05, 3.63) is 60.4 Å². The van der Waals surface area contributed by atoms with Crippen molar-refractivity contribution >= 4 is 16.9 Å². The molecule has 0 atom stereocenters. The minimum absolute atomic E-state index is 0.104. The molecule has 0 spiro atoms. The van der Waals surface area contributed by atoms with Gasteiger partial charge in [-0.15, -0.1) is 0 Å². The Hall–Kier alpha value is -3.41. The second-order valence-electron chi connectivity index (χ2n) is 9.87. The predicted octanol–water partition coefficient (Wildman–Crippen LogP) is 5.56. The van der Waals surface area contributed by atoms with E-state index in [1.165, 1.54) is 0 Å². The number of aromatic nitrogens is 4.